The van der Waals surface area contributed by atoms with Gasteiger partial charge in [0, 0.05) is 22.5 Å². The smallest absolute Gasteiger partial charge is 0.343 e. The lowest BCUT2D eigenvalue weighted by atomic mass is 9.97. The molecule has 190 valence electrons. The van der Waals surface area contributed by atoms with Crippen LogP contribution in [0.2, 0.25) is 0 Å². The molecule has 4 rings (SSSR count). The molecular weight excluding hydrogens is 552 g/mol. The minimum Gasteiger partial charge on any atom is -0.493 e. The summed E-state index contributed by atoms with van der Waals surface area (Å²) >= 11 is 3.38. The molecule has 1 atom stereocenters. The lowest BCUT2D eigenvalue weighted by Gasteiger charge is -2.15. The Kier molecular flexibility index (Phi) is 7.34. The SMILES string of the molecule is COc1ccc2c(c1OC)C(=O)OC2C/C(=N\Nc1ccc([N+](=O)[O-])cc1[N+](=O)[O-])c1ccc(Br)cc1. The number of carbonyl (C=O) groups is 1. The Bertz CT molecular complexity index is 1420. The summed E-state index contributed by atoms with van der Waals surface area (Å²) in [6, 6.07) is 13.7. The first-order valence-electron chi connectivity index (χ1n) is 10.7. The van der Waals surface area contributed by atoms with E-state index in [1.54, 1.807) is 36.4 Å². The van der Waals surface area contributed by atoms with Gasteiger partial charge in [-0.2, -0.15) is 5.10 Å². The van der Waals surface area contributed by atoms with Crippen LogP contribution in [0.3, 0.4) is 0 Å². The third kappa shape index (κ3) is 5.21. The molecule has 1 N–H and O–H groups in total. The van der Waals surface area contributed by atoms with Crippen molar-refractivity contribution in [3.8, 4) is 11.5 Å². The van der Waals surface area contributed by atoms with Crippen LogP contribution in [0.4, 0.5) is 17.1 Å². The number of cyclic esters (lactones) is 1. The number of fused-ring (bicyclic) bond motifs is 1. The van der Waals surface area contributed by atoms with Crippen molar-refractivity contribution >= 4 is 44.7 Å². The zero-order chi connectivity index (χ0) is 26.7. The van der Waals surface area contributed by atoms with E-state index >= 15 is 0 Å². The maximum atomic E-state index is 12.7. The number of non-ortho nitro benzene ring substituents is 1. The maximum absolute atomic E-state index is 12.7. The molecule has 0 bridgehead atoms. The van der Waals surface area contributed by atoms with Gasteiger partial charge in [-0.15, -0.1) is 0 Å². The van der Waals surface area contributed by atoms with Crippen molar-refractivity contribution in [1.29, 1.82) is 0 Å². The summed E-state index contributed by atoms with van der Waals surface area (Å²) in [5.41, 5.74) is 3.58. The number of benzene rings is 3. The highest BCUT2D eigenvalue weighted by molar-refractivity contribution is 9.10. The van der Waals surface area contributed by atoms with E-state index in [0.29, 0.717) is 22.6 Å². The molecule has 3 aromatic rings. The summed E-state index contributed by atoms with van der Waals surface area (Å²) in [4.78, 5) is 33.8. The lowest BCUT2D eigenvalue weighted by molar-refractivity contribution is -0.393. The molecule has 12 nitrogen and oxygen atoms in total. The van der Waals surface area contributed by atoms with Crippen LogP contribution in [-0.2, 0) is 4.74 Å². The predicted octanol–water partition coefficient (Wildman–Crippen LogP) is 5.40. The summed E-state index contributed by atoms with van der Waals surface area (Å²) in [5.74, 6) is 0.0620. The van der Waals surface area contributed by atoms with Crippen molar-refractivity contribution in [2.75, 3.05) is 19.6 Å². The number of rotatable bonds is 9. The second-order valence-corrected chi connectivity index (χ2v) is 8.67. The number of ether oxygens (including phenoxy) is 3. The summed E-state index contributed by atoms with van der Waals surface area (Å²) in [6.07, 6.45) is -0.609. The van der Waals surface area contributed by atoms with E-state index in [4.69, 9.17) is 14.2 Å². The normalized spacial score (nSPS) is 14.5. The van der Waals surface area contributed by atoms with Gasteiger partial charge in [-0.1, -0.05) is 34.1 Å². The minimum absolute atomic E-state index is 0.0413. The van der Waals surface area contributed by atoms with Crippen molar-refractivity contribution in [2.45, 2.75) is 12.5 Å². The number of nitrogens with one attached hydrogen (secondary N) is 1. The van der Waals surface area contributed by atoms with Crippen LogP contribution in [0.15, 0.2) is 64.2 Å². The van der Waals surface area contributed by atoms with Gasteiger partial charge in [0.25, 0.3) is 5.69 Å². The number of carbonyl (C=O) groups excluding carboxylic acids is 1. The van der Waals surface area contributed by atoms with E-state index in [1.807, 2.05) is 0 Å². The van der Waals surface area contributed by atoms with Crippen LogP contribution in [0, 0.1) is 20.2 Å². The van der Waals surface area contributed by atoms with Crippen molar-refractivity contribution in [2.24, 2.45) is 5.10 Å². The second-order valence-electron chi connectivity index (χ2n) is 7.76. The molecule has 1 aliphatic heterocycles. The molecule has 3 aromatic carbocycles. The standard InChI is InChI=1S/C24H19BrN4O8/c1-35-20-10-8-16-21(37-24(30)22(16)23(20)36-2)12-18(13-3-5-14(25)6-4-13)27-26-17-9-7-15(28(31)32)11-19(17)29(33)34/h3-11,21,26H,12H2,1-2H3/b27-18+. The highest BCUT2D eigenvalue weighted by Crippen LogP contribution is 2.43. The van der Waals surface area contributed by atoms with Crippen LogP contribution in [0.1, 0.15) is 34.0 Å². The Morgan fingerprint density at radius 1 is 1.05 bits per heavy atom. The van der Waals surface area contributed by atoms with E-state index in [-0.39, 0.29) is 23.4 Å². The first-order valence-corrected chi connectivity index (χ1v) is 11.5. The zero-order valence-corrected chi connectivity index (χ0v) is 21.1. The number of hydrogen-bond donors (Lipinski definition) is 1. The van der Waals surface area contributed by atoms with Crippen molar-refractivity contribution < 1.29 is 28.9 Å². The van der Waals surface area contributed by atoms with Gasteiger partial charge in [-0.3, -0.25) is 25.7 Å². The number of nitro benzene ring substituents is 2. The number of anilines is 1. The largest absolute Gasteiger partial charge is 0.493 e. The lowest BCUT2D eigenvalue weighted by Crippen LogP contribution is -2.11. The molecule has 1 aliphatic rings. The molecular formula is C24H19BrN4O8. The van der Waals surface area contributed by atoms with Gasteiger partial charge >= 0.3 is 11.7 Å². The van der Waals surface area contributed by atoms with E-state index in [2.05, 4.69) is 26.5 Å². The van der Waals surface area contributed by atoms with E-state index < -0.39 is 33.3 Å². The number of esters is 1. The molecule has 0 amide bonds. The van der Waals surface area contributed by atoms with Gasteiger partial charge in [0.15, 0.2) is 11.5 Å². The molecule has 0 saturated heterocycles. The molecule has 0 fully saturated rings. The molecule has 0 spiro atoms. The molecule has 0 aromatic heterocycles. The fourth-order valence-corrected chi connectivity index (χ4v) is 4.14. The van der Waals surface area contributed by atoms with Gasteiger partial charge in [-0.05, 0) is 29.8 Å². The summed E-state index contributed by atoms with van der Waals surface area (Å²) in [7, 11) is 2.89. The van der Waals surface area contributed by atoms with Gasteiger partial charge in [-0.25, -0.2) is 4.79 Å². The number of hydrazone groups is 1. The van der Waals surface area contributed by atoms with Gasteiger partial charge in [0.05, 0.1) is 35.8 Å². The van der Waals surface area contributed by atoms with Gasteiger partial charge < -0.3 is 14.2 Å². The molecule has 0 saturated carbocycles. The number of nitrogens with zero attached hydrogens (tertiary/aromatic N) is 3. The zero-order valence-electron chi connectivity index (χ0n) is 19.5. The first-order chi connectivity index (χ1) is 17.7. The van der Waals surface area contributed by atoms with Crippen LogP contribution in [0.5, 0.6) is 11.5 Å². The topological polar surface area (TPSA) is 155 Å². The van der Waals surface area contributed by atoms with Crippen molar-refractivity contribution in [3.63, 3.8) is 0 Å². The van der Waals surface area contributed by atoms with Gasteiger partial charge in [0.1, 0.15) is 17.4 Å². The van der Waals surface area contributed by atoms with Crippen LogP contribution < -0.4 is 14.9 Å². The third-order valence-electron chi connectivity index (χ3n) is 5.63. The highest BCUT2D eigenvalue weighted by Gasteiger charge is 2.36. The summed E-state index contributed by atoms with van der Waals surface area (Å²) in [6.45, 7) is 0. The Hall–Kier alpha value is -4.52. The highest BCUT2D eigenvalue weighted by atomic mass is 79.9. The molecule has 1 heterocycles. The average molecular weight is 571 g/mol. The molecule has 0 aliphatic carbocycles. The van der Waals surface area contributed by atoms with Crippen LogP contribution >= 0.6 is 15.9 Å². The fraction of sp³-hybridized carbons (Fsp3) is 0.167. The van der Waals surface area contributed by atoms with Crippen molar-refractivity contribution in [1.82, 2.24) is 0 Å². The quantitative estimate of drug-likeness (QED) is 0.154. The fourth-order valence-electron chi connectivity index (χ4n) is 3.88. The molecule has 0 radical (unpaired) electrons. The van der Waals surface area contributed by atoms with Crippen LogP contribution in [0.25, 0.3) is 0 Å². The summed E-state index contributed by atoms with van der Waals surface area (Å²) in [5, 5.41) is 26.9. The van der Waals surface area contributed by atoms with Crippen molar-refractivity contribution in [3.05, 3.63) is 96.0 Å². The van der Waals surface area contributed by atoms with E-state index in [0.717, 1.165) is 16.6 Å². The van der Waals surface area contributed by atoms with Gasteiger partial charge in [0.2, 0.25) is 0 Å². The Morgan fingerprint density at radius 2 is 1.78 bits per heavy atom. The van der Waals surface area contributed by atoms with E-state index in [9.17, 15) is 25.0 Å². The minimum atomic E-state index is -0.737. The Morgan fingerprint density at radius 3 is 2.41 bits per heavy atom. The van der Waals surface area contributed by atoms with Crippen LogP contribution in [-0.4, -0.2) is 35.7 Å². The number of hydrogen-bond acceptors (Lipinski definition) is 10. The average Bonchev–Trinajstić information content (AvgIpc) is 3.21. The predicted molar refractivity (Wildman–Crippen MR) is 136 cm³/mol. The third-order valence-corrected chi connectivity index (χ3v) is 6.16. The Labute approximate surface area is 218 Å². The second kappa shape index (κ2) is 10.6. The number of methoxy groups -OCH3 is 2. The molecule has 37 heavy (non-hydrogen) atoms. The van der Waals surface area contributed by atoms with E-state index in [1.165, 1.54) is 20.3 Å². The summed E-state index contributed by atoms with van der Waals surface area (Å²) < 4.78 is 17.1. The number of halogens is 1. The first kappa shape index (κ1) is 25.6. The molecule has 13 heteroatoms. The monoisotopic (exact) mass is 570 g/mol. The molecule has 1 unspecified atom stereocenters. The Balaban J connectivity index is 1.73. The maximum Gasteiger partial charge on any atom is 0.343 e. The number of nitro groups is 2.